The second-order valence-corrected chi connectivity index (χ2v) is 6.42. The molecule has 1 aliphatic rings. The molecule has 0 radical (unpaired) electrons. The fourth-order valence-corrected chi connectivity index (χ4v) is 3.42. The molecular formula is C13H18BrNS. The molecule has 0 saturated carbocycles. The number of nitrogens with one attached hydrogen (secondary N) is 1. The SMILES string of the molecule is CC(NC1CCCSC1)c1ccc(Br)cc1. The maximum Gasteiger partial charge on any atom is 0.0294 e. The smallest absolute Gasteiger partial charge is 0.0294 e. The third kappa shape index (κ3) is 3.51. The van der Waals surface area contributed by atoms with E-state index in [1.54, 1.807) is 0 Å². The minimum absolute atomic E-state index is 0.455. The van der Waals surface area contributed by atoms with Crippen LogP contribution in [0.15, 0.2) is 28.7 Å². The summed E-state index contributed by atoms with van der Waals surface area (Å²) in [7, 11) is 0. The molecule has 0 aliphatic carbocycles. The molecular weight excluding hydrogens is 282 g/mol. The number of thioether (sulfide) groups is 1. The average molecular weight is 300 g/mol. The lowest BCUT2D eigenvalue weighted by atomic mass is 10.1. The van der Waals surface area contributed by atoms with E-state index < -0.39 is 0 Å². The van der Waals surface area contributed by atoms with Crippen LogP contribution in [0.2, 0.25) is 0 Å². The Bertz CT molecular complexity index is 319. The molecule has 0 bridgehead atoms. The molecule has 88 valence electrons. The van der Waals surface area contributed by atoms with Gasteiger partial charge in [-0.1, -0.05) is 28.1 Å². The predicted molar refractivity (Wildman–Crippen MR) is 76.0 cm³/mol. The van der Waals surface area contributed by atoms with Gasteiger partial charge in [0.1, 0.15) is 0 Å². The Labute approximate surface area is 111 Å². The van der Waals surface area contributed by atoms with Gasteiger partial charge >= 0.3 is 0 Å². The first-order valence-corrected chi connectivity index (χ1v) is 7.80. The molecule has 16 heavy (non-hydrogen) atoms. The maximum atomic E-state index is 3.72. The minimum atomic E-state index is 0.455. The van der Waals surface area contributed by atoms with Gasteiger partial charge in [0.25, 0.3) is 0 Å². The predicted octanol–water partition coefficient (Wildman–Crippen LogP) is 4.00. The highest BCUT2D eigenvalue weighted by Crippen LogP contribution is 2.21. The second kappa shape index (κ2) is 6.08. The zero-order valence-electron chi connectivity index (χ0n) is 9.58. The minimum Gasteiger partial charge on any atom is -0.307 e. The van der Waals surface area contributed by atoms with Crippen molar-refractivity contribution in [2.45, 2.75) is 31.8 Å². The van der Waals surface area contributed by atoms with Crippen LogP contribution in [-0.4, -0.2) is 17.5 Å². The van der Waals surface area contributed by atoms with E-state index in [2.05, 4.69) is 64.2 Å². The highest BCUT2D eigenvalue weighted by atomic mass is 79.9. The van der Waals surface area contributed by atoms with E-state index in [1.165, 1.54) is 29.9 Å². The standard InChI is InChI=1S/C13H18BrNS/c1-10(11-4-6-12(14)7-5-11)15-13-3-2-8-16-9-13/h4-7,10,13,15H,2-3,8-9H2,1H3. The molecule has 2 rings (SSSR count). The quantitative estimate of drug-likeness (QED) is 0.905. The molecule has 1 N–H and O–H groups in total. The topological polar surface area (TPSA) is 12.0 Å². The van der Waals surface area contributed by atoms with Crippen molar-refractivity contribution in [2.24, 2.45) is 0 Å². The van der Waals surface area contributed by atoms with Crippen LogP contribution in [-0.2, 0) is 0 Å². The average Bonchev–Trinajstić information content (AvgIpc) is 2.31. The van der Waals surface area contributed by atoms with Gasteiger partial charge in [-0.15, -0.1) is 0 Å². The van der Waals surface area contributed by atoms with Crippen molar-refractivity contribution in [3.8, 4) is 0 Å². The van der Waals surface area contributed by atoms with Crippen LogP contribution in [0.1, 0.15) is 31.4 Å². The van der Waals surface area contributed by atoms with E-state index in [1.807, 2.05) is 0 Å². The molecule has 0 amide bonds. The van der Waals surface area contributed by atoms with E-state index in [-0.39, 0.29) is 0 Å². The summed E-state index contributed by atoms with van der Waals surface area (Å²) in [6, 6.07) is 9.76. The Kier molecular flexibility index (Phi) is 4.74. The first-order chi connectivity index (χ1) is 7.75. The first kappa shape index (κ1) is 12.5. The molecule has 1 heterocycles. The molecule has 1 fully saturated rings. The highest BCUT2D eigenvalue weighted by molar-refractivity contribution is 9.10. The lowest BCUT2D eigenvalue weighted by Gasteiger charge is -2.26. The molecule has 0 spiro atoms. The third-order valence-electron chi connectivity index (χ3n) is 3.02. The van der Waals surface area contributed by atoms with Gasteiger partial charge in [-0.05, 0) is 43.2 Å². The Hall–Kier alpha value is 0.01000. The normalized spacial score (nSPS) is 23.0. The molecule has 1 nitrogen and oxygen atoms in total. The summed E-state index contributed by atoms with van der Waals surface area (Å²) in [5, 5.41) is 3.72. The van der Waals surface area contributed by atoms with E-state index in [9.17, 15) is 0 Å². The summed E-state index contributed by atoms with van der Waals surface area (Å²) in [6.45, 7) is 2.25. The maximum absolute atomic E-state index is 3.72. The largest absolute Gasteiger partial charge is 0.307 e. The summed E-state index contributed by atoms with van der Waals surface area (Å²) < 4.78 is 1.15. The van der Waals surface area contributed by atoms with Gasteiger partial charge in [-0.3, -0.25) is 0 Å². The monoisotopic (exact) mass is 299 g/mol. The summed E-state index contributed by atoms with van der Waals surface area (Å²) in [5.74, 6) is 2.60. The van der Waals surface area contributed by atoms with Crippen LogP contribution in [0, 0.1) is 0 Å². The van der Waals surface area contributed by atoms with Gasteiger partial charge in [0, 0.05) is 22.3 Å². The van der Waals surface area contributed by atoms with Crippen LogP contribution in [0.5, 0.6) is 0 Å². The lowest BCUT2D eigenvalue weighted by molar-refractivity contribution is 0.453. The number of rotatable bonds is 3. The van der Waals surface area contributed by atoms with E-state index in [4.69, 9.17) is 0 Å². The summed E-state index contributed by atoms with van der Waals surface area (Å²) in [6.07, 6.45) is 2.68. The van der Waals surface area contributed by atoms with Crippen LogP contribution >= 0.6 is 27.7 Å². The number of halogens is 1. The van der Waals surface area contributed by atoms with Crippen LogP contribution in [0.3, 0.4) is 0 Å². The Morgan fingerprint density at radius 2 is 2.12 bits per heavy atom. The van der Waals surface area contributed by atoms with E-state index >= 15 is 0 Å². The summed E-state index contributed by atoms with van der Waals surface area (Å²) >= 11 is 5.54. The molecule has 1 aromatic rings. The summed E-state index contributed by atoms with van der Waals surface area (Å²) in [5.41, 5.74) is 1.37. The van der Waals surface area contributed by atoms with Gasteiger partial charge < -0.3 is 5.32 Å². The molecule has 0 aromatic heterocycles. The molecule has 3 heteroatoms. The lowest BCUT2D eigenvalue weighted by Crippen LogP contribution is -2.35. The van der Waals surface area contributed by atoms with Crippen LogP contribution in [0.4, 0.5) is 0 Å². The van der Waals surface area contributed by atoms with Gasteiger partial charge in [0.05, 0.1) is 0 Å². The zero-order chi connectivity index (χ0) is 11.4. The number of hydrogen-bond acceptors (Lipinski definition) is 2. The molecule has 1 aromatic carbocycles. The number of hydrogen-bond donors (Lipinski definition) is 1. The van der Waals surface area contributed by atoms with Gasteiger partial charge in [-0.25, -0.2) is 0 Å². The van der Waals surface area contributed by atoms with Crippen molar-refractivity contribution < 1.29 is 0 Å². The Morgan fingerprint density at radius 3 is 2.75 bits per heavy atom. The summed E-state index contributed by atoms with van der Waals surface area (Å²) in [4.78, 5) is 0. The van der Waals surface area contributed by atoms with Crippen LogP contribution < -0.4 is 5.32 Å². The Balaban J connectivity index is 1.91. The Morgan fingerprint density at radius 1 is 1.38 bits per heavy atom. The molecule has 2 atom stereocenters. The van der Waals surface area contributed by atoms with Gasteiger partial charge in [0.2, 0.25) is 0 Å². The van der Waals surface area contributed by atoms with Crippen molar-refractivity contribution in [1.29, 1.82) is 0 Å². The number of benzene rings is 1. The van der Waals surface area contributed by atoms with Crippen molar-refractivity contribution in [3.63, 3.8) is 0 Å². The third-order valence-corrected chi connectivity index (χ3v) is 4.76. The van der Waals surface area contributed by atoms with Crippen molar-refractivity contribution in [2.75, 3.05) is 11.5 Å². The fourth-order valence-electron chi connectivity index (χ4n) is 2.07. The first-order valence-electron chi connectivity index (χ1n) is 5.85. The molecule has 1 aliphatic heterocycles. The van der Waals surface area contributed by atoms with Gasteiger partial charge in [-0.2, -0.15) is 11.8 Å². The highest BCUT2D eigenvalue weighted by Gasteiger charge is 2.16. The second-order valence-electron chi connectivity index (χ2n) is 4.35. The van der Waals surface area contributed by atoms with E-state index in [0.717, 1.165) is 4.47 Å². The van der Waals surface area contributed by atoms with Crippen molar-refractivity contribution in [1.82, 2.24) is 5.32 Å². The van der Waals surface area contributed by atoms with Gasteiger partial charge in [0.15, 0.2) is 0 Å². The molecule has 2 unspecified atom stereocenters. The molecule has 1 saturated heterocycles. The van der Waals surface area contributed by atoms with Crippen molar-refractivity contribution >= 4 is 27.7 Å². The van der Waals surface area contributed by atoms with Crippen LogP contribution in [0.25, 0.3) is 0 Å². The fraction of sp³-hybridized carbons (Fsp3) is 0.538. The van der Waals surface area contributed by atoms with E-state index in [0.29, 0.717) is 12.1 Å². The van der Waals surface area contributed by atoms with Crippen molar-refractivity contribution in [3.05, 3.63) is 34.3 Å². The zero-order valence-corrected chi connectivity index (χ0v) is 12.0.